The van der Waals surface area contributed by atoms with Gasteiger partial charge in [-0.25, -0.2) is 0 Å². The van der Waals surface area contributed by atoms with E-state index in [1.54, 1.807) is 7.11 Å². The number of methoxy groups -OCH3 is 1. The van der Waals surface area contributed by atoms with Crippen molar-refractivity contribution in [2.24, 2.45) is 0 Å². The number of anilines is 1. The highest BCUT2D eigenvalue weighted by molar-refractivity contribution is 6.07. The number of nitrogens with zero attached hydrogens (tertiary/aromatic N) is 1. The molecule has 1 saturated heterocycles. The van der Waals surface area contributed by atoms with Crippen molar-refractivity contribution in [3.8, 4) is 5.75 Å². The highest BCUT2D eigenvalue weighted by atomic mass is 16.5. The smallest absolute Gasteiger partial charge is 0.237 e. The molecule has 0 bridgehead atoms. The standard InChI is InChI=1S/C21H22N2O3/c1-14-5-3-4-6-15(14)11-19(24)23-10-9-21(13-23)17-12-16(26-2)7-8-18(17)22-20(21)25/h3-8,12H,9-11,13H2,1-2H3,(H,22,25). The number of ether oxygens (including phenoxy) is 1. The van der Waals surface area contributed by atoms with Gasteiger partial charge in [0, 0.05) is 18.8 Å². The number of likely N-dealkylation sites (tertiary alicyclic amines) is 1. The first-order chi connectivity index (χ1) is 12.5. The molecular formula is C21H22N2O3. The number of aryl methyl sites for hydroxylation is 1. The van der Waals surface area contributed by atoms with Crippen LogP contribution in [0.3, 0.4) is 0 Å². The number of carbonyl (C=O) groups is 2. The van der Waals surface area contributed by atoms with Crippen LogP contribution >= 0.6 is 0 Å². The molecule has 2 aromatic carbocycles. The number of rotatable bonds is 3. The molecule has 1 fully saturated rings. The summed E-state index contributed by atoms with van der Waals surface area (Å²) in [6.45, 7) is 3.03. The minimum atomic E-state index is -0.661. The van der Waals surface area contributed by atoms with Crippen LogP contribution in [0.1, 0.15) is 23.1 Å². The van der Waals surface area contributed by atoms with Gasteiger partial charge in [-0.05, 0) is 48.2 Å². The van der Waals surface area contributed by atoms with E-state index in [1.165, 1.54) is 0 Å². The zero-order chi connectivity index (χ0) is 18.3. The van der Waals surface area contributed by atoms with Gasteiger partial charge in [0.25, 0.3) is 0 Å². The molecule has 0 aliphatic carbocycles. The lowest BCUT2D eigenvalue weighted by atomic mass is 9.81. The molecule has 134 valence electrons. The summed E-state index contributed by atoms with van der Waals surface area (Å²) in [5.74, 6) is 0.775. The molecule has 1 spiro atoms. The Kier molecular flexibility index (Phi) is 3.94. The highest BCUT2D eigenvalue weighted by Gasteiger charge is 2.52. The fourth-order valence-electron chi connectivity index (χ4n) is 4.03. The van der Waals surface area contributed by atoms with Crippen molar-refractivity contribution in [3.63, 3.8) is 0 Å². The van der Waals surface area contributed by atoms with Crippen molar-refractivity contribution in [1.29, 1.82) is 0 Å². The third-order valence-electron chi connectivity index (χ3n) is 5.65. The molecule has 26 heavy (non-hydrogen) atoms. The largest absolute Gasteiger partial charge is 0.497 e. The molecule has 0 radical (unpaired) electrons. The van der Waals surface area contributed by atoms with Crippen molar-refractivity contribution in [1.82, 2.24) is 4.90 Å². The molecule has 2 aliphatic rings. The molecule has 5 nitrogen and oxygen atoms in total. The van der Waals surface area contributed by atoms with E-state index in [0.717, 1.165) is 28.1 Å². The van der Waals surface area contributed by atoms with Gasteiger partial charge in [0.05, 0.1) is 18.9 Å². The Morgan fingerprint density at radius 3 is 2.85 bits per heavy atom. The minimum absolute atomic E-state index is 0.0213. The first-order valence-electron chi connectivity index (χ1n) is 8.86. The highest BCUT2D eigenvalue weighted by Crippen LogP contribution is 2.45. The zero-order valence-corrected chi connectivity index (χ0v) is 15.0. The lowest BCUT2D eigenvalue weighted by Gasteiger charge is -2.23. The van der Waals surface area contributed by atoms with E-state index >= 15 is 0 Å². The third kappa shape index (κ3) is 2.55. The Morgan fingerprint density at radius 2 is 2.08 bits per heavy atom. The number of nitrogens with one attached hydrogen (secondary N) is 1. The maximum absolute atomic E-state index is 12.8. The van der Waals surface area contributed by atoms with Crippen molar-refractivity contribution < 1.29 is 14.3 Å². The molecule has 1 unspecified atom stereocenters. The lowest BCUT2D eigenvalue weighted by molar-refractivity contribution is -0.129. The van der Waals surface area contributed by atoms with E-state index in [1.807, 2.05) is 54.3 Å². The second-order valence-electron chi connectivity index (χ2n) is 7.12. The number of carbonyl (C=O) groups excluding carboxylic acids is 2. The molecule has 2 heterocycles. The number of amides is 2. The summed E-state index contributed by atoms with van der Waals surface area (Å²) >= 11 is 0. The molecule has 1 atom stereocenters. The summed E-state index contributed by atoms with van der Waals surface area (Å²) in [5, 5.41) is 2.97. The summed E-state index contributed by atoms with van der Waals surface area (Å²) < 4.78 is 5.32. The summed E-state index contributed by atoms with van der Waals surface area (Å²) in [4.78, 5) is 27.4. The zero-order valence-electron chi connectivity index (χ0n) is 15.0. The molecule has 1 N–H and O–H groups in total. The van der Waals surface area contributed by atoms with Gasteiger partial charge in [-0.15, -0.1) is 0 Å². The molecule has 2 aliphatic heterocycles. The minimum Gasteiger partial charge on any atom is -0.497 e. The number of hydrogen-bond donors (Lipinski definition) is 1. The Hall–Kier alpha value is -2.82. The first-order valence-corrected chi connectivity index (χ1v) is 8.86. The summed E-state index contributed by atoms with van der Waals surface area (Å²) in [7, 11) is 1.62. The second-order valence-corrected chi connectivity index (χ2v) is 7.12. The van der Waals surface area contributed by atoms with E-state index in [9.17, 15) is 9.59 Å². The van der Waals surface area contributed by atoms with Gasteiger partial charge in [0.2, 0.25) is 11.8 Å². The summed E-state index contributed by atoms with van der Waals surface area (Å²) in [5.41, 5.74) is 3.25. The van der Waals surface area contributed by atoms with E-state index in [4.69, 9.17) is 4.74 Å². The maximum Gasteiger partial charge on any atom is 0.237 e. The Bertz CT molecular complexity index is 893. The number of fused-ring (bicyclic) bond motifs is 2. The van der Waals surface area contributed by atoms with Gasteiger partial charge in [-0.3, -0.25) is 9.59 Å². The molecule has 2 amide bonds. The Morgan fingerprint density at radius 1 is 1.27 bits per heavy atom. The lowest BCUT2D eigenvalue weighted by Crippen LogP contribution is -2.39. The monoisotopic (exact) mass is 350 g/mol. The van der Waals surface area contributed by atoms with Gasteiger partial charge >= 0.3 is 0 Å². The quantitative estimate of drug-likeness (QED) is 0.926. The average molecular weight is 350 g/mol. The van der Waals surface area contributed by atoms with E-state index in [2.05, 4.69) is 5.32 Å². The van der Waals surface area contributed by atoms with Gasteiger partial charge in [0.1, 0.15) is 5.75 Å². The second kappa shape index (κ2) is 6.16. The Balaban J connectivity index is 1.58. The van der Waals surface area contributed by atoms with Gasteiger partial charge < -0.3 is 15.0 Å². The maximum atomic E-state index is 12.8. The van der Waals surface area contributed by atoms with Crippen LogP contribution in [-0.2, 0) is 21.4 Å². The average Bonchev–Trinajstić information content (AvgIpc) is 3.20. The van der Waals surface area contributed by atoms with Crippen LogP contribution in [0.5, 0.6) is 5.75 Å². The van der Waals surface area contributed by atoms with Crippen LogP contribution in [0.2, 0.25) is 0 Å². The third-order valence-corrected chi connectivity index (χ3v) is 5.65. The molecule has 0 aromatic heterocycles. The van der Waals surface area contributed by atoms with E-state index < -0.39 is 5.41 Å². The fraction of sp³-hybridized carbons (Fsp3) is 0.333. The van der Waals surface area contributed by atoms with E-state index in [0.29, 0.717) is 25.9 Å². The summed E-state index contributed by atoms with van der Waals surface area (Å²) in [6, 6.07) is 13.6. The molecule has 5 heteroatoms. The van der Waals surface area contributed by atoms with Crippen LogP contribution in [-0.4, -0.2) is 36.9 Å². The van der Waals surface area contributed by atoms with Crippen LogP contribution in [0.25, 0.3) is 0 Å². The van der Waals surface area contributed by atoms with Gasteiger partial charge in [-0.2, -0.15) is 0 Å². The van der Waals surface area contributed by atoms with Crippen molar-refractivity contribution in [2.45, 2.75) is 25.2 Å². The summed E-state index contributed by atoms with van der Waals surface area (Å²) in [6.07, 6.45) is 1.01. The normalized spacial score (nSPS) is 21.0. The van der Waals surface area contributed by atoms with Crippen LogP contribution in [0.15, 0.2) is 42.5 Å². The van der Waals surface area contributed by atoms with Crippen molar-refractivity contribution in [2.75, 3.05) is 25.5 Å². The molecular weight excluding hydrogens is 328 g/mol. The first kappa shape index (κ1) is 16.6. The number of benzene rings is 2. The topological polar surface area (TPSA) is 58.6 Å². The van der Waals surface area contributed by atoms with Gasteiger partial charge in [-0.1, -0.05) is 24.3 Å². The van der Waals surface area contributed by atoms with Crippen LogP contribution in [0.4, 0.5) is 5.69 Å². The molecule has 2 aromatic rings. The number of hydrogen-bond acceptors (Lipinski definition) is 3. The van der Waals surface area contributed by atoms with Gasteiger partial charge in [0.15, 0.2) is 0 Å². The molecule has 0 saturated carbocycles. The predicted octanol–water partition coefficient (Wildman–Crippen LogP) is 2.67. The van der Waals surface area contributed by atoms with Crippen molar-refractivity contribution in [3.05, 3.63) is 59.2 Å². The van der Waals surface area contributed by atoms with Crippen LogP contribution in [0, 0.1) is 6.92 Å². The fourth-order valence-corrected chi connectivity index (χ4v) is 4.03. The SMILES string of the molecule is COc1ccc2c(c1)C1(CCN(C(=O)Cc3ccccc3C)C1)C(=O)N2. The molecule has 4 rings (SSSR count). The van der Waals surface area contributed by atoms with Crippen LogP contribution < -0.4 is 10.1 Å². The van der Waals surface area contributed by atoms with E-state index in [-0.39, 0.29) is 11.8 Å². The Labute approximate surface area is 153 Å². The predicted molar refractivity (Wildman–Crippen MR) is 99.4 cm³/mol. The van der Waals surface area contributed by atoms with Crippen molar-refractivity contribution >= 4 is 17.5 Å².